The lowest BCUT2D eigenvalue weighted by atomic mass is 9.49. The van der Waals surface area contributed by atoms with E-state index in [-0.39, 0.29) is 12.1 Å². The molecule has 0 radical (unpaired) electrons. The van der Waals surface area contributed by atoms with Crippen LogP contribution in [0.5, 0.6) is 5.75 Å². The molecule has 2 aliphatic heterocycles. The summed E-state index contributed by atoms with van der Waals surface area (Å²) in [5.74, 6) is 1.81. The second-order valence-corrected chi connectivity index (χ2v) is 11.9. The maximum Gasteiger partial charge on any atom is 0.151 e. The molecule has 9 rings (SSSR count). The molecule has 4 nitrogen and oxygen atoms in total. The summed E-state index contributed by atoms with van der Waals surface area (Å²) in [6.45, 7) is 2.16. The second-order valence-electron chi connectivity index (χ2n) is 11.9. The van der Waals surface area contributed by atoms with Crippen LogP contribution < -0.4 is 4.74 Å². The van der Waals surface area contributed by atoms with Gasteiger partial charge < -0.3 is 14.8 Å². The first-order valence-corrected chi connectivity index (χ1v) is 13.6. The fourth-order valence-electron chi connectivity index (χ4n) is 8.43. The zero-order chi connectivity index (χ0) is 23.6. The second kappa shape index (κ2) is 6.62. The van der Waals surface area contributed by atoms with Gasteiger partial charge in [-0.25, -0.2) is 0 Å². The van der Waals surface area contributed by atoms with Crippen LogP contribution in [-0.2, 0) is 18.3 Å². The summed E-state index contributed by atoms with van der Waals surface area (Å²) in [6, 6.07) is 23.9. The van der Waals surface area contributed by atoms with E-state index < -0.39 is 11.0 Å². The van der Waals surface area contributed by atoms with Crippen LogP contribution in [0.15, 0.2) is 66.7 Å². The molecular formula is C32H30N2O2. The molecule has 1 saturated heterocycles. The van der Waals surface area contributed by atoms with Gasteiger partial charge in [0.05, 0.1) is 16.7 Å². The third-order valence-electron chi connectivity index (χ3n) is 10.2. The fraction of sp³-hybridized carbons (Fsp3) is 0.375. The van der Waals surface area contributed by atoms with Gasteiger partial charge in [-0.15, -0.1) is 0 Å². The van der Waals surface area contributed by atoms with Crippen molar-refractivity contribution in [2.75, 3.05) is 13.1 Å². The molecule has 3 aromatic carbocycles. The first kappa shape index (κ1) is 20.0. The Morgan fingerprint density at radius 2 is 1.83 bits per heavy atom. The average Bonchev–Trinajstić information content (AvgIpc) is 3.54. The van der Waals surface area contributed by atoms with E-state index in [2.05, 4.69) is 76.6 Å². The molecule has 2 fully saturated rings. The van der Waals surface area contributed by atoms with Crippen molar-refractivity contribution in [3.8, 4) is 16.9 Å². The van der Waals surface area contributed by atoms with E-state index in [4.69, 9.17) is 4.74 Å². The van der Waals surface area contributed by atoms with E-state index in [9.17, 15) is 5.11 Å². The third kappa shape index (κ3) is 2.29. The number of nitrogens with zero attached hydrogens (tertiary/aromatic N) is 1. The number of aromatic amines is 1. The number of benzene rings is 3. The SMILES string of the molecule is O[C@@]12Cc3c([nH]c4ccccc34)[C@@H]3Oc4c(-c5ccccc5)ccc5c4[C@@]31CCN(CC1CC1)[C@H]2C5. The van der Waals surface area contributed by atoms with Crippen molar-refractivity contribution < 1.29 is 9.84 Å². The molecule has 4 atom stereocenters. The number of para-hydroxylation sites is 1. The molecule has 1 spiro atoms. The van der Waals surface area contributed by atoms with Crippen molar-refractivity contribution in [2.24, 2.45) is 5.92 Å². The number of piperidine rings is 1. The fourth-order valence-corrected chi connectivity index (χ4v) is 8.43. The van der Waals surface area contributed by atoms with Crippen molar-refractivity contribution in [1.29, 1.82) is 0 Å². The van der Waals surface area contributed by atoms with E-state index in [1.54, 1.807) is 0 Å². The smallest absolute Gasteiger partial charge is 0.151 e. The predicted molar refractivity (Wildman–Crippen MR) is 140 cm³/mol. The quantitative estimate of drug-likeness (QED) is 0.410. The van der Waals surface area contributed by atoms with Gasteiger partial charge in [0.25, 0.3) is 0 Å². The largest absolute Gasteiger partial charge is 0.482 e. The van der Waals surface area contributed by atoms with Gasteiger partial charge in [0, 0.05) is 41.0 Å². The van der Waals surface area contributed by atoms with Crippen LogP contribution in [0, 0.1) is 5.92 Å². The monoisotopic (exact) mass is 474 g/mol. The Bertz CT molecular complexity index is 1550. The standard InChI is InChI=1S/C32H30N2O2/c35-32-17-24-23-8-4-5-9-25(23)33-28(24)30-31(32)14-15-34(18-19-10-11-19)26(32)16-21-12-13-22(29(36-30)27(21)31)20-6-2-1-3-7-20/h1-9,12-13,19,26,30,33,35H,10-11,14-18H2/t26-,30-,31-,32+/m0/s1. The molecule has 2 bridgehead atoms. The number of ether oxygens (including phenoxy) is 1. The Labute approximate surface area is 210 Å². The third-order valence-corrected chi connectivity index (χ3v) is 10.2. The molecule has 2 N–H and O–H groups in total. The number of hydrogen-bond acceptors (Lipinski definition) is 3. The normalized spacial score (nSPS) is 31.7. The summed E-state index contributed by atoms with van der Waals surface area (Å²) in [5, 5.41) is 14.3. The molecule has 3 aliphatic carbocycles. The van der Waals surface area contributed by atoms with Gasteiger partial charge in [-0.05, 0) is 60.9 Å². The average molecular weight is 475 g/mol. The number of aromatic nitrogens is 1. The van der Waals surface area contributed by atoms with Crippen LogP contribution in [0.3, 0.4) is 0 Å². The lowest BCUT2D eigenvalue weighted by molar-refractivity contribution is -0.173. The highest BCUT2D eigenvalue weighted by Crippen LogP contribution is 2.69. The number of nitrogens with one attached hydrogen (secondary N) is 1. The van der Waals surface area contributed by atoms with E-state index >= 15 is 0 Å². The Morgan fingerprint density at radius 1 is 1.00 bits per heavy atom. The minimum Gasteiger partial charge on any atom is -0.482 e. The minimum absolute atomic E-state index is 0.126. The molecule has 4 aromatic rings. The summed E-state index contributed by atoms with van der Waals surface area (Å²) in [7, 11) is 0. The van der Waals surface area contributed by atoms with Crippen LogP contribution in [0.25, 0.3) is 22.0 Å². The van der Waals surface area contributed by atoms with E-state index in [0.29, 0.717) is 6.42 Å². The Hall–Kier alpha value is -3.08. The molecule has 5 aliphatic rings. The number of aliphatic hydroxyl groups is 1. The topological polar surface area (TPSA) is 48.5 Å². The van der Waals surface area contributed by atoms with Crippen molar-refractivity contribution in [1.82, 2.24) is 9.88 Å². The highest BCUT2D eigenvalue weighted by Gasteiger charge is 2.72. The van der Waals surface area contributed by atoms with E-state index in [1.165, 1.54) is 46.2 Å². The molecule has 36 heavy (non-hydrogen) atoms. The number of hydrogen-bond donors (Lipinski definition) is 2. The molecule has 3 heterocycles. The summed E-state index contributed by atoms with van der Waals surface area (Å²) in [5.41, 5.74) is 7.31. The van der Waals surface area contributed by atoms with Crippen LogP contribution >= 0.6 is 0 Å². The lowest BCUT2D eigenvalue weighted by Crippen LogP contribution is -2.74. The van der Waals surface area contributed by atoms with Crippen LogP contribution in [-0.4, -0.2) is 39.7 Å². The van der Waals surface area contributed by atoms with Gasteiger partial charge in [0.2, 0.25) is 0 Å². The molecular weight excluding hydrogens is 444 g/mol. The molecule has 4 heteroatoms. The van der Waals surface area contributed by atoms with Gasteiger partial charge in [0.15, 0.2) is 6.10 Å². The van der Waals surface area contributed by atoms with Crippen LogP contribution in [0.4, 0.5) is 0 Å². The van der Waals surface area contributed by atoms with Crippen LogP contribution in [0.1, 0.15) is 47.8 Å². The van der Waals surface area contributed by atoms with Crippen molar-refractivity contribution in [3.05, 3.63) is 89.1 Å². The van der Waals surface area contributed by atoms with Crippen molar-refractivity contribution in [3.63, 3.8) is 0 Å². The Balaban J connectivity index is 1.33. The lowest BCUT2D eigenvalue weighted by Gasteiger charge is -2.62. The summed E-state index contributed by atoms with van der Waals surface area (Å²) in [4.78, 5) is 6.41. The number of likely N-dealkylation sites (tertiary alicyclic amines) is 1. The molecule has 1 saturated carbocycles. The van der Waals surface area contributed by atoms with E-state index in [1.807, 2.05) is 0 Å². The molecule has 1 aromatic heterocycles. The molecule has 0 amide bonds. The van der Waals surface area contributed by atoms with Crippen molar-refractivity contribution in [2.45, 2.75) is 55.3 Å². The molecule has 180 valence electrons. The number of H-pyrrole nitrogens is 1. The Kier molecular flexibility index (Phi) is 3.68. The first-order valence-electron chi connectivity index (χ1n) is 13.6. The van der Waals surface area contributed by atoms with E-state index in [0.717, 1.165) is 48.7 Å². The minimum atomic E-state index is -0.851. The van der Waals surface area contributed by atoms with Gasteiger partial charge in [-0.1, -0.05) is 60.7 Å². The highest BCUT2D eigenvalue weighted by atomic mass is 16.5. The van der Waals surface area contributed by atoms with Crippen molar-refractivity contribution >= 4 is 10.9 Å². The number of fused-ring (bicyclic) bond motifs is 4. The summed E-state index contributed by atoms with van der Waals surface area (Å²) in [6.07, 6.45) is 5.01. The van der Waals surface area contributed by atoms with Gasteiger partial charge in [-0.3, -0.25) is 4.90 Å². The van der Waals surface area contributed by atoms with Gasteiger partial charge in [-0.2, -0.15) is 0 Å². The van der Waals surface area contributed by atoms with Gasteiger partial charge in [0.1, 0.15) is 5.75 Å². The van der Waals surface area contributed by atoms with Crippen LogP contribution in [0.2, 0.25) is 0 Å². The number of rotatable bonds is 3. The Morgan fingerprint density at radius 3 is 2.69 bits per heavy atom. The van der Waals surface area contributed by atoms with Gasteiger partial charge >= 0.3 is 0 Å². The maximum absolute atomic E-state index is 13.1. The summed E-state index contributed by atoms with van der Waals surface area (Å²) < 4.78 is 7.10. The zero-order valence-electron chi connectivity index (χ0n) is 20.3. The highest BCUT2D eigenvalue weighted by molar-refractivity contribution is 5.87. The predicted octanol–water partition coefficient (Wildman–Crippen LogP) is 5.53. The maximum atomic E-state index is 13.1. The summed E-state index contributed by atoms with van der Waals surface area (Å²) >= 11 is 0. The first-order chi connectivity index (χ1) is 17.7. The zero-order valence-corrected chi connectivity index (χ0v) is 20.3. The molecule has 0 unspecified atom stereocenters.